The molecule has 0 aliphatic rings. The lowest BCUT2D eigenvalue weighted by Crippen LogP contribution is -2.23. The number of hydrogen-bond donors (Lipinski definition) is 1. The van der Waals surface area contributed by atoms with Crippen molar-refractivity contribution in [1.82, 2.24) is 10.3 Å². The summed E-state index contributed by atoms with van der Waals surface area (Å²) in [6.07, 6.45) is -3.26. The number of Topliss-reactive ketones (excluding diaryl/α,β-unsaturated/α-hetero) is 1. The van der Waals surface area contributed by atoms with Crippen LogP contribution in [0.15, 0.2) is 36.5 Å². The molecule has 6 nitrogen and oxygen atoms in total. The van der Waals surface area contributed by atoms with Gasteiger partial charge in [-0.15, -0.1) is 13.2 Å². The van der Waals surface area contributed by atoms with Crippen molar-refractivity contribution in [2.45, 2.75) is 26.3 Å². The summed E-state index contributed by atoms with van der Waals surface area (Å²) in [4.78, 5) is 27.4. The van der Waals surface area contributed by atoms with Gasteiger partial charge in [-0.1, -0.05) is 0 Å². The van der Waals surface area contributed by atoms with E-state index in [1.807, 2.05) is 0 Å². The lowest BCUT2D eigenvalue weighted by Gasteiger charge is -2.13. The molecule has 0 bridgehead atoms. The fourth-order valence-corrected chi connectivity index (χ4v) is 2.32. The number of ether oxygens (including phenoxy) is 2. The van der Waals surface area contributed by atoms with E-state index in [9.17, 15) is 22.8 Å². The van der Waals surface area contributed by atoms with Crippen molar-refractivity contribution in [3.8, 4) is 11.5 Å². The number of methoxy groups -OCH3 is 1. The minimum Gasteiger partial charge on any atom is -0.496 e. The Balaban J connectivity index is 2.07. The Kier molecular flexibility index (Phi) is 6.38. The molecule has 1 aromatic carbocycles. The largest absolute Gasteiger partial charge is 0.573 e. The fraction of sp³-hybridized carbons (Fsp3) is 0.278. The molecule has 9 heteroatoms. The number of amides is 1. The molecule has 0 spiro atoms. The van der Waals surface area contributed by atoms with Crippen molar-refractivity contribution < 1.29 is 32.2 Å². The molecule has 2 rings (SSSR count). The van der Waals surface area contributed by atoms with Gasteiger partial charge in [-0.25, -0.2) is 0 Å². The third-order valence-corrected chi connectivity index (χ3v) is 3.44. The number of hydrogen-bond acceptors (Lipinski definition) is 5. The fourth-order valence-electron chi connectivity index (χ4n) is 2.32. The van der Waals surface area contributed by atoms with Gasteiger partial charge in [-0.3, -0.25) is 14.6 Å². The third kappa shape index (κ3) is 6.28. The van der Waals surface area contributed by atoms with Crippen LogP contribution in [0, 0.1) is 0 Å². The van der Waals surface area contributed by atoms with Gasteiger partial charge < -0.3 is 14.8 Å². The van der Waals surface area contributed by atoms with Gasteiger partial charge in [0.05, 0.1) is 7.11 Å². The molecule has 2 aromatic rings. The molecule has 144 valence electrons. The summed E-state index contributed by atoms with van der Waals surface area (Å²) in [7, 11) is 1.30. The van der Waals surface area contributed by atoms with Crippen LogP contribution >= 0.6 is 0 Å². The number of pyridine rings is 1. The van der Waals surface area contributed by atoms with E-state index >= 15 is 0 Å². The van der Waals surface area contributed by atoms with E-state index in [0.717, 1.165) is 12.1 Å². The molecule has 0 fully saturated rings. The summed E-state index contributed by atoms with van der Waals surface area (Å²) in [6, 6.07) is 6.60. The summed E-state index contributed by atoms with van der Waals surface area (Å²) in [5.74, 6) is -0.771. The summed E-state index contributed by atoms with van der Waals surface area (Å²) in [6.45, 7) is 1.45. The predicted molar refractivity (Wildman–Crippen MR) is 89.5 cm³/mol. The van der Waals surface area contributed by atoms with Crippen LogP contribution in [-0.4, -0.2) is 30.1 Å². The van der Waals surface area contributed by atoms with E-state index in [1.54, 1.807) is 0 Å². The highest BCUT2D eigenvalue weighted by Gasteiger charge is 2.31. The summed E-state index contributed by atoms with van der Waals surface area (Å²) in [5.41, 5.74) is 1.26. The van der Waals surface area contributed by atoms with Crippen molar-refractivity contribution in [2.75, 3.05) is 7.11 Å². The minimum atomic E-state index is -4.81. The number of aromatic nitrogens is 1. The van der Waals surface area contributed by atoms with E-state index < -0.39 is 18.0 Å². The van der Waals surface area contributed by atoms with Gasteiger partial charge in [-0.2, -0.15) is 0 Å². The number of carbonyl (C=O) groups is 2. The van der Waals surface area contributed by atoms with Gasteiger partial charge in [0.25, 0.3) is 5.91 Å². The quantitative estimate of drug-likeness (QED) is 0.797. The zero-order chi connectivity index (χ0) is 20.0. The number of nitrogens with zero attached hydrogens (tertiary/aromatic N) is 1. The molecular weight excluding hydrogens is 365 g/mol. The first-order chi connectivity index (χ1) is 12.7. The molecule has 0 atom stereocenters. The number of alkyl halides is 3. The molecule has 1 amide bonds. The van der Waals surface area contributed by atoms with Crippen LogP contribution in [0.2, 0.25) is 0 Å². The first kappa shape index (κ1) is 20.2. The minimum absolute atomic E-state index is 0.0265. The molecule has 0 radical (unpaired) electrons. The van der Waals surface area contributed by atoms with Crippen molar-refractivity contribution in [1.29, 1.82) is 0 Å². The smallest absolute Gasteiger partial charge is 0.496 e. The molecule has 0 aliphatic heterocycles. The number of rotatable bonds is 7. The Morgan fingerprint density at radius 3 is 2.56 bits per heavy atom. The SMILES string of the molecule is COc1cc(OC(F)(F)F)ccc1CNC(=O)c1ccnc(CC(C)=O)c1. The maximum atomic E-state index is 12.3. The molecule has 1 heterocycles. The molecule has 0 unspecified atom stereocenters. The lowest BCUT2D eigenvalue weighted by atomic mass is 10.1. The average molecular weight is 382 g/mol. The van der Waals surface area contributed by atoms with Crippen LogP contribution in [0.25, 0.3) is 0 Å². The van der Waals surface area contributed by atoms with Gasteiger partial charge in [0, 0.05) is 42.0 Å². The highest BCUT2D eigenvalue weighted by atomic mass is 19.4. The zero-order valence-electron chi connectivity index (χ0n) is 14.6. The maximum Gasteiger partial charge on any atom is 0.573 e. The molecular formula is C18H17F3N2O4. The molecule has 0 aliphatic carbocycles. The lowest BCUT2D eigenvalue weighted by molar-refractivity contribution is -0.274. The Morgan fingerprint density at radius 2 is 1.93 bits per heavy atom. The van der Waals surface area contributed by atoms with Crippen LogP contribution in [0.1, 0.15) is 28.5 Å². The number of carbonyl (C=O) groups excluding carboxylic acids is 2. The Hall–Kier alpha value is -3.10. The number of ketones is 1. The van der Waals surface area contributed by atoms with Crippen LogP contribution in [-0.2, 0) is 17.8 Å². The topological polar surface area (TPSA) is 77.5 Å². The van der Waals surface area contributed by atoms with Crippen molar-refractivity contribution in [3.05, 3.63) is 53.3 Å². The van der Waals surface area contributed by atoms with Crippen LogP contribution < -0.4 is 14.8 Å². The van der Waals surface area contributed by atoms with Crippen LogP contribution in [0.5, 0.6) is 11.5 Å². The standard InChI is InChI=1S/C18H17F3N2O4/c1-11(24)7-14-8-12(5-6-22-14)17(25)23-10-13-3-4-15(9-16(13)26-2)27-18(19,20)21/h3-6,8-9H,7,10H2,1-2H3,(H,23,25). The number of halogens is 3. The van der Waals surface area contributed by atoms with Crippen molar-refractivity contribution >= 4 is 11.7 Å². The second-order valence-electron chi connectivity index (χ2n) is 5.62. The van der Waals surface area contributed by atoms with Gasteiger partial charge in [0.15, 0.2) is 0 Å². The highest BCUT2D eigenvalue weighted by molar-refractivity contribution is 5.94. The summed E-state index contributed by atoms with van der Waals surface area (Å²) >= 11 is 0. The second-order valence-corrected chi connectivity index (χ2v) is 5.62. The summed E-state index contributed by atoms with van der Waals surface area (Å²) < 4.78 is 45.7. The Labute approximate surface area is 153 Å². The van der Waals surface area contributed by atoms with Crippen molar-refractivity contribution in [2.24, 2.45) is 0 Å². The predicted octanol–water partition coefficient (Wildman–Crippen LogP) is 3.05. The van der Waals surface area contributed by atoms with Crippen LogP contribution in [0.4, 0.5) is 13.2 Å². The highest BCUT2D eigenvalue weighted by Crippen LogP contribution is 2.29. The maximum absolute atomic E-state index is 12.3. The molecule has 27 heavy (non-hydrogen) atoms. The van der Waals surface area contributed by atoms with Gasteiger partial charge in [0.2, 0.25) is 0 Å². The average Bonchev–Trinajstić information content (AvgIpc) is 2.58. The summed E-state index contributed by atoms with van der Waals surface area (Å²) in [5, 5.41) is 2.64. The Morgan fingerprint density at radius 1 is 1.19 bits per heavy atom. The first-order valence-electron chi connectivity index (χ1n) is 7.83. The second kappa shape index (κ2) is 8.52. The van der Waals surface area contributed by atoms with Crippen LogP contribution in [0.3, 0.4) is 0 Å². The van der Waals surface area contributed by atoms with E-state index in [1.165, 1.54) is 38.4 Å². The number of nitrogens with one attached hydrogen (secondary N) is 1. The van der Waals surface area contributed by atoms with Gasteiger partial charge in [0.1, 0.15) is 17.3 Å². The first-order valence-corrected chi connectivity index (χ1v) is 7.83. The van der Waals surface area contributed by atoms with E-state index in [2.05, 4.69) is 15.0 Å². The zero-order valence-corrected chi connectivity index (χ0v) is 14.6. The molecule has 1 aromatic heterocycles. The molecule has 0 saturated heterocycles. The number of benzene rings is 1. The molecule has 1 N–H and O–H groups in total. The van der Waals surface area contributed by atoms with E-state index in [-0.39, 0.29) is 24.5 Å². The van der Waals surface area contributed by atoms with E-state index in [4.69, 9.17) is 4.74 Å². The molecule has 0 saturated carbocycles. The monoisotopic (exact) mass is 382 g/mol. The third-order valence-electron chi connectivity index (χ3n) is 3.44. The van der Waals surface area contributed by atoms with Gasteiger partial charge in [-0.05, 0) is 31.2 Å². The van der Waals surface area contributed by atoms with Crippen molar-refractivity contribution in [3.63, 3.8) is 0 Å². The van der Waals surface area contributed by atoms with Gasteiger partial charge >= 0.3 is 6.36 Å². The van der Waals surface area contributed by atoms with E-state index in [0.29, 0.717) is 16.8 Å². The Bertz CT molecular complexity index is 838. The normalized spacial score (nSPS) is 11.0.